The number of carbonyl (C=O) groups is 1. The summed E-state index contributed by atoms with van der Waals surface area (Å²) < 4.78 is 25.0. The summed E-state index contributed by atoms with van der Waals surface area (Å²) in [6, 6.07) is 16.6. The Bertz CT molecular complexity index is 1550. The minimum absolute atomic E-state index is 0.0486. The number of hydrogen-bond acceptors (Lipinski definition) is 6. The van der Waals surface area contributed by atoms with Gasteiger partial charge in [0.2, 0.25) is 0 Å². The van der Waals surface area contributed by atoms with E-state index in [9.17, 15) is 14.5 Å². The number of hydrogen-bond donors (Lipinski definition) is 2. The van der Waals surface area contributed by atoms with Gasteiger partial charge in [-0.05, 0) is 44.0 Å². The van der Waals surface area contributed by atoms with Gasteiger partial charge in [0.15, 0.2) is 0 Å². The van der Waals surface area contributed by atoms with Crippen molar-refractivity contribution in [2.45, 2.75) is 20.8 Å². The van der Waals surface area contributed by atoms with Gasteiger partial charge in [0, 0.05) is 29.8 Å². The van der Waals surface area contributed by atoms with Gasteiger partial charge in [-0.15, -0.1) is 11.3 Å². The van der Waals surface area contributed by atoms with Crippen LogP contribution in [-0.2, 0) is 9.09 Å². The fourth-order valence-electron chi connectivity index (χ4n) is 3.95. The maximum absolute atomic E-state index is 13.8. The molecule has 2 N–H and O–H groups in total. The Morgan fingerprint density at radius 3 is 2.43 bits per heavy atom. The van der Waals surface area contributed by atoms with Crippen molar-refractivity contribution in [3.63, 3.8) is 0 Å². The highest BCUT2D eigenvalue weighted by Gasteiger charge is 2.30. The van der Waals surface area contributed by atoms with Gasteiger partial charge in [-0.2, -0.15) is 0 Å². The molecule has 37 heavy (non-hydrogen) atoms. The molecular weight excluding hydrogens is 507 g/mol. The topological polar surface area (TPSA) is 101 Å². The van der Waals surface area contributed by atoms with E-state index >= 15 is 0 Å². The van der Waals surface area contributed by atoms with Crippen molar-refractivity contribution >= 4 is 47.7 Å². The van der Waals surface area contributed by atoms with E-state index in [1.807, 2.05) is 63.2 Å². The van der Waals surface area contributed by atoms with Gasteiger partial charge in [-0.25, -0.2) is 4.79 Å². The SMILES string of the molecule is C=CC=Nc1cc(-c2ccc(-c3cc(NP(=O)(OC)c4ccc(C)cc4C)c(C(=O)O)s3)cc2)oc1C. The van der Waals surface area contributed by atoms with Crippen molar-refractivity contribution in [2.75, 3.05) is 12.2 Å². The van der Waals surface area contributed by atoms with Gasteiger partial charge in [-0.1, -0.05) is 54.6 Å². The molecule has 0 spiro atoms. The summed E-state index contributed by atoms with van der Waals surface area (Å²) in [5.74, 6) is 0.260. The quantitative estimate of drug-likeness (QED) is 0.168. The summed E-state index contributed by atoms with van der Waals surface area (Å²) in [6.45, 7) is 9.28. The number of thiophene rings is 1. The van der Waals surface area contributed by atoms with Gasteiger partial charge < -0.3 is 19.1 Å². The van der Waals surface area contributed by atoms with Crippen LogP contribution in [0.5, 0.6) is 0 Å². The van der Waals surface area contributed by atoms with Gasteiger partial charge in [-0.3, -0.25) is 9.56 Å². The smallest absolute Gasteiger partial charge is 0.348 e. The molecule has 2 aromatic heterocycles. The maximum atomic E-state index is 13.8. The molecule has 190 valence electrons. The number of allylic oxidation sites excluding steroid dienone is 1. The molecule has 0 saturated heterocycles. The second-order valence-electron chi connectivity index (χ2n) is 8.44. The summed E-state index contributed by atoms with van der Waals surface area (Å²) in [5, 5.41) is 13.3. The first kappa shape index (κ1) is 26.4. The molecule has 1 atom stereocenters. The molecule has 0 saturated carbocycles. The fourth-order valence-corrected chi connectivity index (χ4v) is 6.68. The number of carboxylic acids is 1. The number of furan rings is 1. The molecular formula is C28H27N2O5PS. The minimum Gasteiger partial charge on any atom is -0.477 e. The summed E-state index contributed by atoms with van der Waals surface area (Å²) in [4.78, 5) is 17.1. The van der Waals surface area contributed by atoms with Crippen LogP contribution < -0.4 is 10.4 Å². The molecule has 7 nitrogen and oxygen atoms in total. The third-order valence-corrected chi connectivity index (χ3v) is 9.14. The highest BCUT2D eigenvalue weighted by Crippen LogP contribution is 2.49. The van der Waals surface area contributed by atoms with E-state index < -0.39 is 13.5 Å². The molecule has 0 bridgehead atoms. The predicted molar refractivity (Wildman–Crippen MR) is 151 cm³/mol. The number of rotatable bonds is 9. The Hall–Kier alpha value is -3.71. The minimum atomic E-state index is -3.57. The molecule has 4 aromatic rings. The van der Waals surface area contributed by atoms with Gasteiger partial charge in [0.1, 0.15) is 22.1 Å². The Morgan fingerprint density at radius 1 is 1.11 bits per heavy atom. The normalized spacial score (nSPS) is 13.0. The molecule has 0 fully saturated rings. The molecule has 0 aliphatic heterocycles. The standard InChI is InChI=1S/C28H27N2O5PS/c1-6-13-29-22-15-24(35-19(22)4)20-8-10-21(11-9-20)26-16-23(27(37-26)28(31)32)30-36(33,34-5)25-12-7-17(2)14-18(25)3/h6-16H,1H2,2-5H3,(H,30,33)(H,31,32). The number of benzene rings is 2. The number of aryl methyl sites for hydroxylation is 3. The lowest BCUT2D eigenvalue weighted by Gasteiger charge is -2.20. The lowest BCUT2D eigenvalue weighted by Crippen LogP contribution is -2.17. The van der Waals surface area contributed by atoms with E-state index in [4.69, 9.17) is 8.94 Å². The Labute approximate surface area is 219 Å². The van der Waals surface area contributed by atoms with E-state index in [2.05, 4.69) is 16.7 Å². The van der Waals surface area contributed by atoms with Crippen molar-refractivity contribution in [2.24, 2.45) is 4.99 Å². The number of carboxylic acid groups (broad SMARTS) is 1. The molecule has 0 aliphatic carbocycles. The molecule has 4 rings (SSSR count). The zero-order chi connectivity index (χ0) is 26.7. The highest BCUT2D eigenvalue weighted by molar-refractivity contribution is 7.68. The van der Waals surface area contributed by atoms with Gasteiger partial charge >= 0.3 is 13.5 Å². The van der Waals surface area contributed by atoms with Crippen molar-refractivity contribution in [1.29, 1.82) is 0 Å². The number of aliphatic imine (C=N–C) groups is 1. The van der Waals surface area contributed by atoms with Crippen LogP contribution in [0.3, 0.4) is 0 Å². The lowest BCUT2D eigenvalue weighted by atomic mass is 10.1. The summed E-state index contributed by atoms with van der Waals surface area (Å²) >= 11 is 1.10. The van der Waals surface area contributed by atoms with Crippen LogP contribution >= 0.6 is 18.9 Å². The maximum Gasteiger partial charge on any atom is 0.348 e. The van der Waals surface area contributed by atoms with Gasteiger partial charge in [0.05, 0.1) is 11.0 Å². The molecule has 9 heteroatoms. The molecule has 2 heterocycles. The summed E-state index contributed by atoms with van der Waals surface area (Å²) in [7, 11) is -2.22. The molecule has 2 aromatic carbocycles. The van der Waals surface area contributed by atoms with Crippen LogP contribution in [0.25, 0.3) is 21.8 Å². The monoisotopic (exact) mass is 534 g/mol. The van der Waals surface area contributed by atoms with Crippen molar-refractivity contribution < 1.29 is 23.4 Å². The Balaban J connectivity index is 1.66. The van der Waals surface area contributed by atoms with Crippen LogP contribution in [0.2, 0.25) is 0 Å². The van der Waals surface area contributed by atoms with E-state index in [-0.39, 0.29) is 10.6 Å². The van der Waals surface area contributed by atoms with Crippen LogP contribution in [0.1, 0.15) is 26.6 Å². The second-order valence-corrected chi connectivity index (χ2v) is 11.7. The average molecular weight is 535 g/mol. The zero-order valence-corrected chi connectivity index (χ0v) is 22.7. The number of anilines is 1. The van der Waals surface area contributed by atoms with E-state index in [1.54, 1.807) is 24.4 Å². The Morgan fingerprint density at radius 2 is 1.81 bits per heavy atom. The average Bonchev–Trinajstić information content (AvgIpc) is 3.46. The highest BCUT2D eigenvalue weighted by atomic mass is 32.1. The number of nitrogens with zero attached hydrogens (tertiary/aromatic N) is 1. The van der Waals surface area contributed by atoms with Crippen molar-refractivity contribution in [3.05, 3.63) is 89.0 Å². The molecule has 0 radical (unpaired) electrons. The molecule has 0 aliphatic rings. The van der Waals surface area contributed by atoms with Crippen LogP contribution in [0, 0.1) is 20.8 Å². The molecule has 1 unspecified atom stereocenters. The first-order valence-electron chi connectivity index (χ1n) is 11.4. The van der Waals surface area contributed by atoms with Crippen molar-refractivity contribution in [3.8, 4) is 21.8 Å². The largest absolute Gasteiger partial charge is 0.477 e. The summed E-state index contributed by atoms with van der Waals surface area (Å²) in [5.41, 5.74) is 4.47. The first-order valence-corrected chi connectivity index (χ1v) is 13.8. The van der Waals surface area contributed by atoms with Crippen molar-refractivity contribution in [1.82, 2.24) is 0 Å². The summed E-state index contributed by atoms with van der Waals surface area (Å²) in [6.07, 6.45) is 3.21. The van der Waals surface area contributed by atoms with Crippen LogP contribution in [0.15, 0.2) is 76.7 Å². The third-order valence-electron chi connectivity index (χ3n) is 5.79. The van der Waals surface area contributed by atoms with E-state index in [0.717, 1.165) is 39.3 Å². The zero-order valence-electron chi connectivity index (χ0n) is 20.9. The third kappa shape index (κ3) is 5.52. The van der Waals surface area contributed by atoms with E-state index in [1.165, 1.54) is 7.11 Å². The van der Waals surface area contributed by atoms with Crippen LogP contribution in [-0.4, -0.2) is 24.4 Å². The second kappa shape index (κ2) is 10.7. The van der Waals surface area contributed by atoms with Crippen LogP contribution in [0.4, 0.5) is 11.4 Å². The fraction of sp³-hybridized carbons (Fsp3) is 0.143. The molecule has 0 amide bonds. The number of aromatic carboxylic acids is 1. The van der Waals surface area contributed by atoms with E-state index in [0.29, 0.717) is 21.7 Å². The van der Waals surface area contributed by atoms with Gasteiger partial charge in [0.25, 0.3) is 0 Å². The number of nitrogens with one attached hydrogen (secondary N) is 1. The first-order chi connectivity index (χ1) is 17.6. The predicted octanol–water partition coefficient (Wildman–Crippen LogP) is 7.76. The lowest BCUT2D eigenvalue weighted by molar-refractivity contribution is 0.0703. The Kier molecular flexibility index (Phi) is 7.64.